The Morgan fingerprint density at radius 2 is 2.21 bits per heavy atom. The van der Waals surface area contributed by atoms with E-state index in [-0.39, 0.29) is 0 Å². The summed E-state index contributed by atoms with van der Waals surface area (Å²) in [6.07, 6.45) is 4.72. The van der Waals surface area contributed by atoms with Gasteiger partial charge in [0.2, 0.25) is 0 Å². The van der Waals surface area contributed by atoms with Crippen molar-refractivity contribution < 1.29 is 0 Å². The lowest BCUT2D eigenvalue weighted by atomic mass is 9.84. The molecule has 1 N–H and O–H groups in total. The quantitative estimate of drug-likeness (QED) is 0.847. The van der Waals surface area contributed by atoms with Crippen molar-refractivity contribution in [3.8, 4) is 0 Å². The van der Waals surface area contributed by atoms with Gasteiger partial charge in [-0.2, -0.15) is 0 Å². The monoisotopic (exact) mass is 265 g/mol. The number of nitrogens with one attached hydrogen (secondary N) is 1. The molecule has 0 spiro atoms. The van der Waals surface area contributed by atoms with E-state index in [2.05, 4.69) is 47.5 Å². The molecule has 5 nitrogen and oxygen atoms in total. The largest absolute Gasteiger partial charge is 0.311 e. The van der Waals surface area contributed by atoms with Crippen molar-refractivity contribution in [3.63, 3.8) is 0 Å². The van der Waals surface area contributed by atoms with Crippen molar-refractivity contribution in [1.29, 1.82) is 0 Å². The number of piperidine rings is 1. The molecule has 2 heterocycles. The van der Waals surface area contributed by atoms with E-state index in [1.807, 2.05) is 4.68 Å². The van der Waals surface area contributed by atoms with E-state index in [1.165, 1.54) is 25.9 Å². The summed E-state index contributed by atoms with van der Waals surface area (Å²) in [7, 11) is 0. The summed E-state index contributed by atoms with van der Waals surface area (Å²) in [5.41, 5.74) is 1.50. The van der Waals surface area contributed by atoms with Gasteiger partial charge in [0.1, 0.15) is 0 Å². The molecule has 1 aliphatic rings. The second-order valence-electron chi connectivity index (χ2n) is 6.30. The summed E-state index contributed by atoms with van der Waals surface area (Å²) in [6, 6.07) is 0. The van der Waals surface area contributed by atoms with E-state index in [4.69, 9.17) is 0 Å². The predicted octanol–water partition coefficient (Wildman–Crippen LogP) is 1.51. The molecule has 1 fully saturated rings. The van der Waals surface area contributed by atoms with Crippen LogP contribution < -0.4 is 5.32 Å². The van der Waals surface area contributed by atoms with Crippen LogP contribution in [-0.2, 0) is 13.1 Å². The third-order valence-corrected chi connectivity index (χ3v) is 3.77. The zero-order valence-corrected chi connectivity index (χ0v) is 12.5. The SMILES string of the molecule is CCNCc1cn(CCN2CCCC(C)(C)C2)nn1. The number of hydrogen-bond donors (Lipinski definition) is 1. The topological polar surface area (TPSA) is 46.0 Å². The van der Waals surface area contributed by atoms with Crippen LogP contribution in [0.3, 0.4) is 0 Å². The van der Waals surface area contributed by atoms with Gasteiger partial charge in [-0.05, 0) is 31.3 Å². The van der Waals surface area contributed by atoms with Crippen molar-refractivity contribution in [2.75, 3.05) is 26.2 Å². The molecule has 1 aromatic heterocycles. The summed E-state index contributed by atoms with van der Waals surface area (Å²) in [6.45, 7) is 13.1. The number of nitrogens with zero attached hydrogens (tertiary/aromatic N) is 4. The summed E-state index contributed by atoms with van der Waals surface area (Å²) < 4.78 is 1.97. The fourth-order valence-electron chi connectivity index (χ4n) is 2.76. The Labute approximate surface area is 116 Å². The van der Waals surface area contributed by atoms with Crippen LogP contribution in [0.4, 0.5) is 0 Å². The molecule has 0 aliphatic carbocycles. The molecule has 19 heavy (non-hydrogen) atoms. The van der Waals surface area contributed by atoms with Gasteiger partial charge in [0.05, 0.1) is 12.2 Å². The lowest BCUT2D eigenvalue weighted by Crippen LogP contribution is -2.41. The third kappa shape index (κ3) is 4.58. The molecule has 0 saturated carbocycles. The summed E-state index contributed by atoms with van der Waals surface area (Å²) in [4.78, 5) is 2.55. The molecular weight excluding hydrogens is 238 g/mol. The molecule has 0 amide bonds. The molecule has 2 rings (SSSR count). The summed E-state index contributed by atoms with van der Waals surface area (Å²) >= 11 is 0. The van der Waals surface area contributed by atoms with Crippen molar-refractivity contribution in [3.05, 3.63) is 11.9 Å². The van der Waals surface area contributed by atoms with Crippen LogP contribution in [0.1, 0.15) is 39.3 Å². The maximum Gasteiger partial charge on any atom is 0.0964 e. The molecule has 1 saturated heterocycles. The van der Waals surface area contributed by atoms with E-state index < -0.39 is 0 Å². The van der Waals surface area contributed by atoms with Gasteiger partial charge in [-0.15, -0.1) is 5.10 Å². The van der Waals surface area contributed by atoms with Gasteiger partial charge in [-0.3, -0.25) is 4.68 Å². The Morgan fingerprint density at radius 1 is 1.37 bits per heavy atom. The lowest BCUT2D eigenvalue weighted by Gasteiger charge is -2.37. The smallest absolute Gasteiger partial charge is 0.0964 e. The molecule has 1 aromatic rings. The third-order valence-electron chi connectivity index (χ3n) is 3.77. The van der Waals surface area contributed by atoms with Crippen LogP contribution in [-0.4, -0.2) is 46.1 Å². The maximum atomic E-state index is 4.19. The van der Waals surface area contributed by atoms with Crippen molar-refractivity contribution in [2.24, 2.45) is 5.41 Å². The van der Waals surface area contributed by atoms with Crippen LogP contribution >= 0.6 is 0 Å². The molecule has 0 atom stereocenters. The number of hydrogen-bond acceptors (Lipinski definition) is 4. The molecule has 5 heteroatoms. The van der Waals surface area contributed by atoms with Crippen molar-refractivity contribution in [1.82, 2.24) is 25.2 Å². The Bertz CT molecular complexity index is 385. The standard InChI is InChI=1S/C14H27N5/c1-4-15-10-13-11-19(17-16-13)9-8-18-7-5-6-14(2,3)12-18/h11,15H,4-10,12H2,1-3H3. The molecule has 0 radical (unpaired) electrons. The Kier molecular flexibility index (Phi) is 4.93. The number of aromatic nitrogens is 3. The van der Waals surface area contributed by atoms with Crippen molar-refractivity contribution in [2.45, 2.75) is 46.7 Å². The van der Waals surface area contributed by atoms with Crippen LogP contribution in [0.5, 0.6) is 0 Å². The normalized spacial score (nSPS) is 19.7. The van der Waals surface area contributed by atoms with Gasteiger partial charge in [0.15, 0.2) is 0 Å². The second-order valence-corrected chi connectivity index (χ2v) is 6.30. The van der Waals surface area contributed by atoms with E-state index in [1.54, 1.807) is 0 Å². The van der Waals surface area contributed by atoms with Crippen LogP contribution in [0.15, 0.2) is 6.20 Å². The number of likely N-dealkylation sites (tertiary alicyclic amines) is 1. The lowest BCUT2D eigenvalue weighted by molar-refractivity contribution is 0.113. The molecular formula is C14H27N5. The van der Waals surface area contributed by atoms with Gasteiger partial charge in [0, 0.05) is 25.8 Å². The van der Waals surface area contributed by atoms with E-state index >= 15 is 0 Å². The van der Waals surface area contributed by atoms with E-state index in [9.17, 15) is 0 Å². The Balaban J connectivity index is 1.77. The van der Waals surface area contributed by atoms with Gasteiger partial charge < -0.3 is 10.2 Å². The van der Waals surface area contributed by atoms with E-state index in [0.717, 1.165) is 31.9 Å². The van der Waals surface area contributed by atoms with Crippen LogP contribution in [0, 0.1) is 5.41 Å². The Hall–Kier alpha value is -0.940. The predicted molar refractivity (Wildman–Crippen MR) is 76.9 cm³/mol. The summed E-state index contributed by atoms with van der Waals surface area (Å²) in [5, 5.41) is 11.6. The van der Waals surface area contributed by atoms with Gasteiger partial charge >= 0.3 is 0 Å². The highest BCUT2D eigenvalue weighted by Gasteiger charge is 2.25. The highest BCUT2D eigenvalue weighted by molar-refractivity contribution is 4.91. The maximum absolute atomic E-state index is 4.19. The molecule has 0 bridgehead atoms. The first kappa shape index (κ1) is 14.5. The zero-order chi connectivity index (χ0) is 13.7. The highest BCUT2D eigenvalue weighted by atomic mass is 15.4. The minimum Gasteiger partial charge on any atom is -0.311 e. The highest BCUT2D eigenvalue weighted by Crippen LogP contribution is 2.28. The molecule has 0 unspecified atom stereocenters. The minimum absolute atomic E-state index is 0.469. The first-order chi connectivity index (χ1) is 9.09. The van der Waals surface area contributed by atoms with E-state index in [0.29, 0.717) is 5.41 Å². The van der Waals surface area contributed by atoms with Crippen molar-refractivity contribution >= 4 is 0 Å². The molecule has 1 aliphatic heterocycles. The van der Waals surface area contributed by atoms with Gasteiger partial charge in [-0.25, -0.2) is 0 Å². The van der Waals surface area contributed by atoms with Gasteiger partial charge in [-0.1, -0.05) is 26.0 Å². The fraction of sp³-hybridized carbons (Fsp3) is 0.857. The van der Waals surface area contributed by atoms with Crippen LogP contribution in [0.25, 0.3) is 0 Å². The minimum atomic E-state index is 0.469. The first-order valence-corrected chi connectivity index (χ1v) is 7.41. The number of rotatable bonds is 6. The average Bonchev–Trinajstić information content (AvgIpc) is 2.81. The Morgan fingerprint density at radius 3 is 2.95 bits per heavy atom. The zero-order valence-electron chi connectivity index (χ0n) is 12.5. The summed E-state index contributed by atoms with van der Waals surface area (Å²) in [5.74, 6) is 0. The molecule has 0 aromatic carbocycles. The average molecular weight is 265 g/mol. The second kappa shape index (κ2) is 6.48. The van der Waals surface area contributed by atoms with Crippen LogP contribution in [0.2, 0.25) is 0 Å². The first-order valence-electron chi connectivity index (χ1n) is 7.41. The molecule has 108 valence electrons. The fourth-order valence-corrected chi connectivity index (χ4v) is 2.76. The van der Waals surface area contributed by atoms with Gasteiger partial charge in [0.25, 0.3) is 0 Å².